The Labute approximate surface area is 216 Å². The van der Waals surface area contributed by atoms with Gasteiger partial charge >= 0.3 is 5.97 Å². The molecular formula is C28H22F2N4O4. The zero-order valence-corrected chi connectivity index (χ0v) is 19.9. The zero-order chi connectivity index (χ0) is 27.1. The first-order valence-electron chi connectivity index (χ1n) is 11.5. The molecule has 1 atom stereocenters. The zero-order valence-electron chi connectivity index (χ0n) is 19.9. The Hall–Kier alpha value is -4.83. The number of carboxylic acid groups (broad SMARTS) is 1. The molecule has 0 amide bonds. The number of carboxylic acids is 1. The predicted molar refractivity (Wildman–Crippen MR) is 135 cm³/mol. The molecule has 1 unspecified atom stereocenters. The van der Waals surface area contributed by atoms with Crippen LogP contribution in [-0.2, 0) is 9.59 Å². The molecular weight excluding hydrogens is 494 g/mol. The largest absolute Gasteiger partial charge is 0.481 e. The van der Waals surface area contributed by atoms with E-state index in [1.165, 1.54) is 41.1 Å². The van der Waals surface area contributed by atoms with Crippen LogP contribution < -0.4 is 0 Å². The third-order valence-corrected chi connectivity index (χ3v) is 5.51. The summed E-state index contributed by atoms with van der Waals surface area (Å²) in [6.45, 7) is 0. The van der Waals surface area contributed by atoms with Gasteiger partial charge in [0, 0.05) is 17.6 Å². The van der Waals surface area contributed by atoms with Crippen molar-refractivity contribution in [3.8, 4) is 11.4 Å². The predicted octanol–water partition coefficient (Wildman–Crippen LogP) is 4.39. The van der Waals surface area contributed by atoms with E-state index in [9.17, 15) is 23.5 Å². The number of nitrogens with zero attached hydrogens (tertiary/aromatic N) is 4. The quantitative estimate of drug-likeness (QED) is 0.237. The molecule has 0 aliphatic carbocycles. The lowest BCUT2D eigenvalue weighted by Crippen LogP contribution is -2.14. The maximum absolute atomic E-state index is 13.8. The van der Waals surface area contributed by atoms with Crippen molar-refractivity contribution in [3.63, 3.8) is 0 Å². The Morgan fingerprint density at radius 1 is 0.895 bits per heavy atom. The fourth-order valence-electron chi connectivity index (χ4n) is 3.82. The molecule has 0 aliphatic heterocycles. The molecule has 38 heavy (non-hydrogen) atoms. The molecule has 0 aliphatic rings. The third-order valence-electron chi connectivity index (χ3n) is 5.51. The van der Waals surface area contributed by atoms with Gasteiger partial charge in [0.05, 0.1) is 11.8 Å². The van der Waals surface area contributed by atoms with Crippen molar-refractivity contribution in [3.05, 3.63) is 114 Å². The highest BCUT2D eigenvalue weighted by Gasteiger charge is 2.19. The van der Waals surface area contributed by atoms with Gasteiger partial charge in [-0.1, -0.05) is 60.7 Å². The number of aliphatic carboxylic acids is 1. The Kier molecular flexibility index (Phi) is 8.24. The molecule has 4 aromatic rings. The molecule has 0 bridgehead atoms. The summed E-state index contributed by atoms with van der Waals surface area (Å²) in [6.07, 6.45) is 0.368. The van der Waals surface area contributed by atoms with Crippen LogP contribution in [0.3, 0.4) is 0 Å². The number of allylic oxidation sites excluding steroid dienone is 2. The minimum Gasteiger partial charge on any atom is -0.481 e. The average molecular weight is 517 g/mol. The van der Waals surface area contributed by atoms with Crippen molar-refractivity contribution < 1.29 is 28.6 Å². The maximum atomic E-state index is 13.8. The van der Waals surface area contributed by atoms with E-state index >= 15 is 0 Å². The molecule has 8 nitrogen and oxygen atoms in total. The summed E-state index contributed by atoms with van der Waals surface area (Å²) >= 11 is 0. The van der Waals surface area contributed by atoms with Gasteiger partial charge in [-0.05, 0) is 51.9 Å². The fraction of sp³-hybridized carbons (Fsp3) is 0.107. The topological polar surface area (TPSA) is 118 Å². The molecule has 0 fully saturated rings. The molecule has 192 valence electrons. The van der Waals surface area contributed by atoms with Gasteiger partial charge in [-0.15, -0.1) is 5.10 Å². The van der Waals surface area contributed by atoms with Crippen LogP contribution in [0.2, 0.25) is 0 Å². The van der Waals surface area contributed by atoms with Gasteiger partial charge in [0.15, 0.2) is 5.82 Å². The first-order valence-corrected chi connectivity index (χ1v) is 11.5. The first kappa shape index (κ1) is 26.2. The summed E-state index contributed by atoms with van der Waals surface area (Å²) in [5, 5.41) is 31.4. The van der Waals surface area contributed by atoms with Crippen LogP contribution in [0.25, 0.3) is 22.7 Å². The number of rotatable bonds is 10. The van der Waals surface area contributed by atoms with Gasteiger partial charge in [-0.25, -0.2) is 8.78 Å². The lowest BCUT2D eigenvalue weighted by Gasteiger charge is -2.16. The second kappa shape index (κ2) is 11.9. The number of hydrogen-bond donors (Lipinski definition) is 2. The van der Waals surface area contributed by atoms with Crippen LogP contribution in [-0.4, -0.2) is 48.3 Å². The van der Waals surface area contributed by atoms with Gasteiger partial charge in [0.2, 0.25) is 0 Å². The van der Waals surface area contributed by atoms with Crippen molar-refractivity contribution in [2.45, 2.75) is 18.9 Å². The highest BCUT2D eigenvalue weighted by molar-refractivity contribution is 5.97. The van der Waals surface area contributed by atoms with Crippen LogP contribution in [0, 0.1) is 11.6 Å². The number of aliphatic hydroxyl groups is 1. The van der Waals surface area contributed by atoms with E-state index in [4.69, 9.17) is 5.11 Å². The van der Waals surface area contributed by atoms with E-state index in [0.717, 1.165) is 0 Å². The summed E-state index contributed by atoms with van der Waals surface area (Å²) < 4.78 is 29.0. The van der Waals surface area contributed by atoms with E-state index in [1.807, 2.05) is 18.2 Å². The first-order chi connectivity index (χ1) is 18.3. The standard InChI is InChI=1S/C28H22F2N4O4/c29-21-10-6-18(7-11-21)27(19-8-12-22(30)13-9-19)25(15-14-23(35)16-24(36)17-26(37)38)34-28(31-32-33-34)20-4-2-1-3-5-20/h1-15,23,35H,16-17H2,(H,37,38). The Morgan fingerprint density at radius 2 is 1.47 bits per heavy atom. The summed E-state index contributed by atoms with van der Waals surface area (Å²) in [7, 11) is 0. The average Bonchev–Trinajstić information content (AvgIpc) is 3.38. The molecule has 4 rings (SSSR count). The van der Waals surface area contributed by atoms with Gasteiger partial charge in [0.1, 0.15) is 23.8 Å². The fourth-order valence-corrected chi connectivity index (χ4v) is 3.82. The molecule has 0 saturated carbocycles. The van der Waals surface area contributed by atoms with E-state index in [-0.39, 0.29) is 0 Å². The number of aromatic nitrogens is 4. The Bertz CT molecular complexity index is 1430. The van der Waals surface area contributed by atoms with Gasteiger partial charge in [-0.2, -0.15) is 4.68 Å². The number of ketones is 1. The lowest BCUT2D eigenvalue weighted by atomic mass is 9.95. The molecule has 3 aromatic carbocycles. The molecule has 2 N–H and O–H groups in total. The monoisotopic (exact) mass is 516 g/mol. The molecule has 1 aromatic heterocycles. The van der Waals surface area contributed by atoms with E-state index in [2.05, 4.69) is 15.5 Å². The van der Waals surface area contributed by atoms with Crippen LogP contribution >= 0.6 is 0 Å². The normalized spacial score (nSPS) is 11.9. The van der Waals surface area contributed by atoms with Crippen LogP contribution in [0.15, 0.2) is 91.0 Å². The third kappa shape index (κ3) is 6.48. The number of hydrogen-bond acceptors (Lipinski definition) is 6. The Balaban J connectivity index is 1.92. The van der Waals surface area contributed by atoms with Gasteiger partial charge in [0.25, 0.3) is 0 Å². The van der Waals surface area contributed by atoms with Crippen molar-refractivity contribution >= 4 is 23.0 Å². The van der Waals surface area contributed by atoms with E-state index in [0.29, 0.717) is 33.8 Å². The van der Waals surface area contributed by atoms with Gasteiger partial charge in [-0.3, -0.25) is 9.59 Å². The summed E-state index contributed by atoms with van der Waals surface area (Å²) in [5.74, 6) is -2.50. The second-order valence-corrected chi connectivity index (χ2v) is 8.29. The van der Waals surface area contributed by atoms with Crippen LogP contribution in [0.4, 0.5) is 8.78 Å². The molecule has 10 heteroatoms. The highest BCUT2D eigenvalue weighted by Crippen LogP contribution is 2.32. The molecule has 1 heterocycles. The van der Waals surface area contributed by atoms with E-state index in [1.54, 1.807) is 36.4 Å². The van der Waals surface area contributed by atoms with Crippen molar-refractivity contribution in [1.82, 2.24) is 20.2 Å². The Morgan fingerprint density at radius 3 is 2.03 bits per heavy atom. The van der Waals surface area contributed by atoms with Crippen molar-refractivity contribution in [2.24, 2.45) is 0 Å². The summed E-state index contributed by atoms with van der Waals surface area (Å²) in [6, 6.07) is 20.3. The minimum atomic E-state index is -1.31. The number of halogens is 2. The van der Waals surface area contributed by atoms with Crippen LogP contribution in [0.5, 0.6) is 0 Å². The number of carbonyl (C=O) groups excluding carboxylic acids is 1. The molecule has 0 spiro atoms. The van der Waals surface area contributed by atoms with Crippen molar-refractivity contribution in [1.29, 1.82) is 0 Å². The molecule has 0 saturated heterocycles. The number of tetrazole rings is 1. The summed E-state index contributed by atoms with van der Waals surface area (Å²) in [5.41, 5.74) is 2.58. The number of Topliss-reactive ketones (excluding diaryl/α,β-unsaturated/α-hetero) is 1. The number of aliphatic hydroxyl groups excluding tert-OH is 1. The van der Waals surface area contributed by atoms with Gasteiger partial charge < -0.3 is 10.2 Å². The SMILES string of the molecule is O=C(O)CC(=O)CC(O)C=CC(=C(c1ccc(F)cc1)c1ccc(F)cc1)n1nnnc1-c1ccccc1. The van der Waals surface area contributed by atoms with Crippen molar-refractivity contribution in [2.75, 3.05) is 0 Å². The summed E-state index contributed by atoms with van der Waals surface area (Å²) in [4.78, 5) is 22.8. The smallest absolute Gasteiger partial charge is 0.310 e. The maximum Gasteiger partial charge on any atom is 0.310 e. The number of carbonyl (C=O) groups is 2. The van der Waals surface area contributed by atoms with Crippen LogP contribution in [0.1, 0.15) is 24.0 Å². The highest BCUT2D eigenvalue weighted by atomic mass is 19.1. The molecule has 0 radical (unpaired) electrons. The number of benzene rings is 3. The second-order valence-electron chi connectivity index (χ2n) is 8.29. The minimum absolute atomic E-state index is 0.330. The lowest BCUT2D eigenvalue weighted by molar-refractivity contribution is -0.140. The van der Waals surface area contributed by atoms with E-state index < -0.39 is 42.3 Å².